The quantitative estimate of drug-likeness (QED) is 0.303. The SMILES string of the molecule is CCNC(=NCCCN(C(C)C)C(C)C)NCCN1CCN(C(=O)C2CCC2)CC1. The Labute approximate surface area is 184 Å². The third kappa shape index (κ3) is 8.06. The van der Waals surface area contributed by atoms with Crippen LogP contribution in [0.3, 0.4) is 0 Å². The zero-order chi connectivity index (χ0) is 21.9. The number of amides is 1. The molecular weight excluding hydrogens is 376 g/mol. The van der Waals surface area contributed by atoms with Gasteiger partial charge in [0.25, 0.3) is 0 Å². The average molecular weight is 423 g/mol. The first-order chi connectivity index (χ1) is 14.4. The van der Waals surface area contributed by atoms with Crippen LogP contribution in [0.5, 0.6) is 0 Å². The number of carbonyl (C=O) groups excluding carboxylic acids is 1. The maximum Gasteiger partial charge on any atom is 0.225 e. The Morgan fingerprint density at radius 2 is 1.73 bits per heavy atom. The summed E-state index contributed by atoms with van der Waals surface area (Å²) < 4.78 is 0. The maximum absolute atomic E-state index is 12.4. The summed E-state index contributed by atoms with van der Waals surface area (Å²) in [5.74, 6) is 1.64. The molecule has 0 atom stereocenters. The van der Waals surface area contributed by atoms with Crippen molar-refractivity contribution in [3.8, 4) is 0 Å². The highest BCUT2D eigenvalue weighted by molar-refractivity contribution is 5.80. The molecule has 2 fully saturated rings. The van der Waals surface area contributed by atoms with Gasteiger partial charge in [-0.25, -0.2) is 0 Å². The second-order valence-electron chi connectivity index (χ2n) is 9.26. The molecule has 0 aromatic heterocycles. The summed E-state index contributed by atoms with van der Waals surface area (Å²) in [5, 5.41) is 6.83. The van der Waals surface area contributed by atoms with Gasteiger partial charge in [-0.1, -0.05) is 6.42 Å². The molecule has 1 aliphatic carbocycles. The highest BCUT2D eigenvalue weighted by Gasteiger charge is 2.30. The lowest BCUT2D eigenvalue weighted by Gasteiger charge is -2.38. The fraction of sp³-hybridized carbons (Fsp3) is 0.913. The van der Waals surface area contributed by atoms with E-state index in [1.807, 2.05) is 0 Å². The Hall–Kier alpha value is -1.34. The van der Waals surface area contributed by atoms with Crippen LogP contribution in [-0.2, 0) is 4.79 Å². The van der Waals surface area contributed by atoms with Crippen LogP contribution in [0.2, 0.25) is 0 Å². The minimum absolute atomic E-state index is 0.324. The molecular formula is C23H46N6O. The molecule has 30 heavy (non-hydrogen) atoms. The van der Waals surface area contributed by atoms with Crippen molar-refractivity contribution in [2.45, 2.75) is 72.4 Å². The Morgan fingerprint density at radius 1 is 1.07 bits per heavy atom. The van der Waals surface area contributed by atoms with Gasteiger partial charge in [0.1, 0.15) is 0 Å². The van der Waals surface area contributed by atoms with E-state index in [2.05, 4.69) is 60.0 Å². The summed E-state index contributed by atoms with van der Waals surface area (Å²) in [5.41, 5.74) is 0. The Balaban J connectivity index is 1.64. The predicted octanol–water partition coefficient (Wildman–Crippen LogP) is 1.99. The monoisotopic (exact) mass is 422 g/mol. The molecule has 7 heteroatoms. The summed E-state index contributed by atoms with van der Waals surface area (Å²) in [4.78, 5) is 24.2. The molecule has 7 nitrogen and oxygen atoms in total. The molecule has 1 saturated heterocycles. The van der Waals surface area contributed by atoms with Crippen molar-refractivity contribution in [3.63, 3.8) is 0 Å². The van der Waals surface area contributed by atoms with Crippen molar-refractivity contribution in [2.75, 3.05) is 58.9 Å². The van der Waals surface area contributed by atoms with Gasteiger partial charge in [-0.3, -0.25) is 19.6 Å². The predicted molar refractivity (Wildman–Crippen MR) is 126 cm³/mol. The van der Waals surface area contributed by atoms with E-state index in [4.69, 9.17) is 4.99 Å². The minimum atomic E-state index is 0.324. The van der Waals surface area contributed by atoms with Crippen LogP contribution in [0.15, 0.2) is 4.99 Å². The Kier molecular flexibility index (Phi) is 10.9. The Morgan fingerprint density at radius 3 is 2.27 bits per heavy atom. The zero-order valence-corrected chi connectivity index (χ0v) is 20.1. The summed E-state index contributed by atoms with van der Waals surface area (Å²) in [7, 11) is 0. The second kappa shape index (κ2) is 13.2. The van der Waals surface area contributed by atoms with E-state index in [0.717, 1.165) is 84.1 Å². The molecule has 0 radical (unpaired) electrons. The molecule has 1 saturated carbocycles. The number of rotatable bonds is 11. The fourth-order valence-electron chi connectivity index (χ4n) is 4.34. The molecule has 0 bridgehead atoms. The van der Waals surface area contributed by atoms with Crippen LogP contribution in [0, 0.1) is 5.92 Å². The van der Waals surface area contributed by atoms with Gasteiger partial charge in [0, 0.05) is 76.9 Å². The lowest BCUT2D eigenvalue weighted by atomic mass is 9.84. The summed E-state index contributed by atoms with van der Waals surface area (Å²) >= 11 is 0. The van der Waals surface area contributed by atoms with Crippen LogP contribution in [-0.4, -0.2) is 97.6 Å². The van der Waals surface area contributed by atoms with Gasteiger partial charge in [0.2, 0.25) is 5.91 Å². The molecule has 174 valence electrons. The lowest BCUT2D eigenvalue weighted by Crippen LogP contribution is -2.52. The van der Waals surface area contributed by atoms with E-state index in [0.29, 0.717) is 23.9 Å². The molecule has 2 aliphatic rings. The Bertz CT molecular complexity index is 516. The number of carbonyl (C=O) groups is 1. The van der Waals surface area contributed by atoms with Crippen LogP contribution in [0.1, 0.15) is 60.3 Å². The maximum atomic E-state index is 12.4. The normalized spacial score (nSPS) is 18.9. The smallest absolute Gasteiger partial charge is 0.225 e. The van der Waals surface area contributed by atoms with Crippen molar-refractivity contribution < 1.29 is 4.79 Å². The van der Waals surface area contributed by atoms with Crippen LogP contribution in [0.25, 0.3) is 0 Å². The standard InChI is InChI=1S/C23H46N6O/c1-6-24-23(25-11-8-13-29(19(2)3)20(4)5)26-12-14-27-15-17-28(18-16-27)22(30)21-9-7-10-21/h19-21H,6-18H2,1-5H3,(H2,24,25,26). The molecule has 0 unspecified atom stereocenters. The van der Waals surface area contributed by atoms with E-state index in [9.17, 15) is 4.79 Å². The van der Waals surface area contributed by atoms with Gasteiger partial charge in [-0.15, -0.1) is 0 Å². The van der Waals surface area contributed by atoms with E-state index in [1.165, 1.54) is 6.42 Å². The molecule has 2 N–H and O–H groups in total. The highest BCUT2D eigenvalue weighted by atomic mass is 16.2. The molecule has 0 aromatic carbocycles. The average Bonchev–Trinajstić information content (AvgIpc) is 2.66. The second-order valence-corrected chi connectivity index (χ2v) is 9.26. The highest BCUT2D eigenvalue weighted by Crippen LogP contribution is 2.28. The zero-order valence-electron chi connectivity index (χ0n) is 20.1. The number of guanidine groups is 1. The van der Waals surface area contributed by atoms with Gasteiger partial charge in [-0.2, -0.15) is 0 Å². The van der Waals surface area contributed by atoms with E-state index in [1.54, 1.807) is 0 Å². The van der Waals surface area contributed by atoms with Crippen molar-refractivity contribution in [3.05, 3.63) is 0 Å². The number of nitrogens with one attached hydrogen (secondary N) is 2. The molecule has 1 amide bonds. The number of aliphatic imine (C=N–C) groups is 1. The van der Waals surface area contributed by atoms with Crippen molar-refractivity contribution in [1.82, 2.24) is 25.3 Å². The third-order valence-electron chi connectivity index (χ3n) is 6.37. The van der Waals surface area contributed by atoms with Gasteiger partial charge < -0.3 is 15.5 Å². The van der Waals surface area contributed by atoms with Crippen LogP contribution >= 0.6 is 0 Å². The van der Waals surface area contributed by atoms with E-state index in [-0.39, 0.29) is 0 Å². The molecule has 1 heterocycles. The molecule has 0 spiro atoms. The molecule has 1 aliphatic heterocycles. The third-order valence-corrected chi connectivity index (χ3v) is 6.37. The van der Waals surface area contributed by atoms with E-state index < -0.39 is 0 Å². The first-order valence-electron chi connectivity index (χ1n) is 12.2. The van der Waals surface area contributed by atoms with Crippen LogP contribution in [0.4, 0.5) is 0 Å². The van der Waals surface area contributed by atoms with Gasteiger partial charge in [0.05, 0.1) is 0 Å². The molecule has 2 rings (SSSR count). The summed E-state index contributed by atoms with van der Waals surface area (Å²) in [6.45, 7) is 19.5. The van der Waals surface area contributed by atoms with Crippen LogP contribution < -0.4 is 10.6 Å². The lowest BCUT2D eigenvalue weighted by molar-refractivity contribution is -0.139. The number of hydrogen-bond acceptors (Lipinski definition) is 4. The fourth-order valence-corrected chi connectivity index (χ4v) is 4.34. The first kappa shape index (κ1) is 24.9. The number of hydrogen-bond donors (Lipinski definition) is 2. The largest absolute Gasteiger partial charge is 0.357 e. The first-order valence-corrected chi connectivity index (χ1v) is 12.2. The van der Waals surface area contributed by atoms with Gasteiger partial charge >= 0.3 is 0 Å². The van der Waals surface area contributed by atoms with Gasteiger partial charge in [-0.05, 0) is 53.9 Å². The van der Waals surface area contributed by atoms with Crippen molar-refractivity contribution in [2.24, 2.45) is 10.9 Å². The molecule has 0 aromatic rings. The summed E-state index contributed by atoms with van der Waals surface area (Å²) in [6.07, 6.45) is 4.50. The number of piperazine rings is 1. The van der Waals surface area contributed by atoms with E-state index >= 15 is 0 Å². The summed E-state index contributed by atoms with van der Waals surface area (Å²) in [6, 6.07) is 1.15. The van der Waals surface area contributed by atoms with Crippen molar-refractivity contribution >= 4 is 11.9 Å². The minimum Gasteiger partial charge on any atom is -0.357 e. The topological polar surface area (TPSA) is 63.2 Å². The number of nitrogens with zero attached hydrogens (tertiary/aromatic N) is 4. The van der Waals surface area contributed by atoms with Gasteiger partial charge in [0.15, 0.2) is 5.96 Å². The van der Waals surface area contributed by atoms with Crippen molar-refractivity contribution in [1.29, 1.82) is 0 Å².